The fraction of sp³-hybridized carbons (Fsp3) is 0.375. The molecule has 0 aliphatic heterocycles. The largest absolute Gasteiger partial charge is 0.419 e. The zero-order valence-electron chi connectivity index (χ0n) is 21.6. The zero-order valence-corrected chi connectivity index (χ0v) is 21.6. The van der Waals surface area contributed by atoms with E-state index in [4.69, 9.17) is 9.47 Å². The Kier molecular flexibility index (Phi) is 8.58. The van der Waals surface area contributed by atoms with E-state index in [1.807, 2.05) is 36.4 Å². The SMILES string of the molecule is CCCc1cc(CC(C)C)c(C2CCCC2)c(OC(=O)c2ccccc2)c1OC(=O)c1ccccc1. The molecule has 188 valence electrons. The maximum Gasteiger partial charge on any atom is 0.343 e. The van der Waals surface area contributed by atoms with Crippen LogP contribution in [-0.4, -0.2) is 11.9 Å². The summed E-state index contributed by atoms with van der Waals surface area (Å²) in [7, 11) is 0. The lowest BCUT2D eigenvalue weighted by atomic mass is 9.85. The van der Waals surface area contributed by atoms with Crippen LogP contribution in [0, 0.1) is 5.92 Å². The normalized spacial score (nSPS) is 13.7. The Labute approximate surface area is 214 Å². The minimum atomic E-state index is -0.445. The predicted octanol–water partition coefficient (Wildman–Crippen LogP) is 7.93. The Morgan fingerprint density at radius 1 is 0.806 bits per heavy atom. The van der Waals surface area contributed by atoms with Gasteiger partial charge in [0.1, 0.15) is 0 Å². The third-order valence-electron chi connectivity index (χ3n) is 6.76. The fourth-order valence-corrected chi connectivity index (χ4v) is 5.16. The van der Waals surface area contributed by atoms with Crippen molar-refractivity contribution in [2.24, 2.45) is 5.92 Å². The van der Waals surface area contributed by atoms with Gasteiger partial charge in [0.05, 0.1) is 11.1 Å². The zero-order chi connectivity index (χ0) is 25.5. The topological polar surface area (TPSA) is 52.6 Å². The van der Waals surface area contributed by atoms with Crippen LogP contribution in [0.5, 0.6) is 11.5 Å². The van der Waals surface area contributed by atoms with Crippen LogP contribution in [0.3, 0.4) is 0 Å². The van der Waals surface area contributed by atoms with E-state index in [1.165, 1.54) is 5.56 Å². The maximum atomic E-state index is 13.3. The Morgan fingerprint density at radius 2 is 1.33 bits per heavy atom. The molecular formula is C32H36O4. The molecular weight excluding hydrogens is 448 g/mol. The van der Waals surface area contributed by atoms with Gasteiger partial charge in [0.2, 0.25) is 0 Å². The maximum absolute atomic E-state index is 13.3. The van der Waals surface area contributed by atoms with Crippen LogP contribution >= 0.6 is 0 Å². The molecule has 0 aromatic heterocycles. The quantitative estimate of drug-likeness (QED) is 0.228. The molecule has 0 N–H and O–H groups in total. The van der Waals surface area contributed by atoms with Gasteiger partial charge in [-0.15, -0.1) is 0 Å². The monoisotopic (exact) mass is 484 g/mol. The molecule has 0 spiro atoms. The number of carbonyl (C=O) groups is 2. The van der Waals surface area contributed by atoms with E-state index in [1.54, 1.807) is 24.3 Å². The Balaban J connectivity index is 1.89. The summed E-state index contributed by atoms with van der Waals surface area (Å²) in [5.74, 6) is 0.665. The van der Waals surface area contributed by atoms with E-state index in [0.717, 1.165) is 56.1 Å². The standard InChI is InChI=1S/C32H36O4/c1-4-13-26-21-27(20-22(2)3)28(23-14-11-12-15-23)30(36-32(34)25-18-9-6-10-19-25)29(26)35-31(33)24-16-7-5-8-17-24/h5-10,16-19,21-23H,4,11-15,20H2,1-3H3. The number of ether oxygens (including phenoxy) is 2. The lowest BCUT2D eigenvalue weighted by Gasteiger charge is -2.25. The summed E-state index contributed by atoms with van der Waals surface area (Å²) in [6.45, 7) is 6.51. The molecule has 4 heteroatoms. The average molecular weight is 485 g/mol. The van der Waals surface area contributed by atoms with Crippen molar-refractivity contribution in [3.8, 4) is 11.5 Å². The van der Waals surface area contributed by atoms with Crippen molar-refractivity contribution < 1.29 is 19.1 Å². The molecule has 3 aromatic rings. The van der Waals surface area contributed by atoms with Crippen LogP contribution < -0.4 is 9.47 Å². The van der Waals surface area contributed by atoms with Crippen molar-refractivity contribution in [2.75, 3.05) is 0 Å². The minimum Gasteiger partial charge on any atom is -0.419 e. The molecule has 4 rings (SSSR count). The molecule has 4 nitrogen and oxygen atoms in total. The number of carbonyl (C=O) groups excluding carboxylic acids is 2. The molecule has 0 amide bonds. The molecule has 1 saturated carbocycles. The lowest BCUT2D eigenvalue weighted by Crippen LogP contribution is -2.17. The van der Waals surface area contributed by atoms with Gasteiger partial charge >= 0.3 is 11.9 Å². The second-order valence-electron chi connectivity index (χ2n) is 10.1. The van der Waals surface area contributed by atoms with Crippen LogP contribution in [-0.2, 0) is 12.8 Å². The smallest absolute Gasteiger partial charge is 0.343 e. The summed E-state index contributed by atoms with van der Waals surface area (Å²) in [6, 6.07) is 20.2. The van der Waals surface area contributed by atoms with Gasteiger partial charge in [0, 0.05) is 5.56 Å². The molecule has 3 aromatic carbocycles. The molecule has 0 unspecified atom stereocenters. The van der Waals surface area contributed by atoms with Gasteiger partial charge < -0.3 is 9.47 Å². The number of esters is 2. The highest BCUT2D eigenvalue weighted by molar-refractivity contribution is 5.94. The molecule has 1 fully saturated rings. The summed E-state index contributed by atoms with van der Waals surface area (Å²) < 4.78 is 12.3. The number of hydrogen-bond acceptors (Lipinski definition) is 4. The highest BCUT2D eigenvalue weighted by Gasteiger charge is 2.31. The first kappa shape index (κ1) is 25.7. The summed E-state index contributed by atoms with van der Waals surface area (Å²) in [4.78, 5) is 26.5. The Morgan fingerprint density at radius 3 is 1.83 bits per heavy atom. The Bertz CT molecular complexity index is 1180. The summed E-state index contributed by atoms with van der Waals surface area (Å²) >= 11 is 0. The number of hydrogen-bond donors (Lipinski definition) is 0. The van der Waals surface area contributed by atoms with Crippen LogP contribution in [0.4, 0.5) is 0 Å². The predicted molar refractivity (Wildman–Crippen MR) is 143 cm³/mol. The van der Waals surface area contributed by atoms with Gasteiger partial charge in [-0.1, -0.05) is 82.5 Å². The van der Waals surface area contributed by atoms with E-state index in [9.17, 15) is 9.59 Å². The highest BCUT2D eigenvalue weighted by Crippen LogP contribution is 2.48. The van der Waals surface area contributed by atoms with E-state index in [2.05, 4.69) is 26.8 Å². The number of benzene rings is 3. The van der Waals surface area contributed by atoms with E-state index >= 15 is 0 Å². The average Bonchev–Trinajstić information content (AvgIpc) is 3.41. The van der Waals surface area contributed by atoms with Gasteiger partial charge in [0.25, 0.3) is 0 Å². The molecule has 1 aliphatic rings. The van der Waals surface area contributed by atoms with Crippen molar-refractivity contribution in [3.05, 3.63) is 94.5 Å². The van der Waals surface area contributed by atoms with Gasteiger partial charge in [-0.05, 0) is 72.9 Å². The first-order valence-corrected chi connectivity index (χ1v) is 13.2. The van der Waals surface area contributed by atoms with E-state index in [-0.39, 0.29) is 5.92 Å². The minimum absolute atomic E-state index is 0.280. The van der Waals surface area contributed by atoms with Crippen LogP contribution in [0.15, 0.2) is 66.7 Å². The third kappa shape index (κ3) is 6.04. The van der Waals surface area contributed by atoms with Crippen molar-refractivity contribution in [2.45, 2.75) is 71.6 Å². The van der Waals surface area contributed by atoms with Crippen molar-refractivity contribution in [3.63, 3.8) is 0 Å². The molecule has 0 radical (unpaired) electrons. The molecule has 0 atom stereocenters. The van der Waals surface area contributed by atoms with E-state index in [0.29, 0.717) is 28.5 Å². The first-order chi connectivity index (χ1) is 17.5. The van der Waals surface area contributed by atoms with Gasteiger partial charge in [-0.25, -0.2) is 9.59 Å². The van der Waals surface area contributed by atoms with Gasteiger partial charge in [0.15, 0.2) is 11.5 Å². The van der Waals surface area contributed by atoms with Gasteiger partial charge in [-0.3, -0.25) is 0 Å². The molecule has 0 saturated heterocycles. The molecule has 1 aliphatic carbocycles. The van der Waals surface area contributed by atoms with Crippen LogP contribution in [0.2, 0.25) is 0 Å². The second kappa shape index (κ2) is 12.0. The van der Waals surface area contributed by atoms with Gasteiger partial charge in [-0.2, -0.15) is 0 Å². The van der Waals surface area contributed by atoms with Crippen LogP contribution in [0.1, 0.15) is 96.2 Å². The summed E-state index contributed by atoms with van der Waals surface area (Å²) in [6.07, 6.45) is 6.86. The third-order valence-corrected chi connectivity index (χ3v) is 6.76. The number of rotatable bonds is 9. The van der Waals surface area contributed by atoms with Crippen molar-refractivity contribution in [1.29, 1.82) is 0 Å². The molecule has 36 heavy (non-hydrogen) atoms. The first-order valence-electron chi connectivity index (χ1n) is 13.2. The summed E-state index contributed by atoms with van der Waals surface area (Å²) in [5, 5.41) is 0. The Hall–Kier alpha value is -3.40. The van der Waals surface area contributed by atoms with Crippen molar-refractivity contribution in [1.82, 2.24) is 0 Å². The fourth-order valence-electron chi connectivity index (χ4n) is 5.16. The van der Waals surface area contributed by atoms with Crippen LogP contribution in [0.25, 0.3) is 0 Å². The number of aryl methyl sites for hydroxylation is 1. The molecule has 0 heterocycles. The van der Waals surface area contributed by atoms with E-state index < -0.39 is 11.9 Å². The second-order valence-corrected chi connectivity index (χ2v) is 10.1. The lowest BCUT2D eigenvalue weighted by molar-refractivity contribution is 0.0678. The summed E-state index contributed by atoms with van der Waals surface area (Å²) in [5.41, 5.74) is 4.10. The van der Waals surface area contributed by atoms with Crippen molar-refractivity contribution >= 4 is 11.9 Å². The highest BCUT2D eigenvalue weighted by atomic mass is 16.6. The molecule has 0 bridgehead atoms.